The fourth-order valence-corrected chi connectivity index (χ4v) is 2.22. The van der Waals surface area contributed by atoms with Gasteiger partial charge in [0, 0.05) is 24.1 Å². The van der Waals surface area contributed by atoms with Gasteiger partial charge in [-0.05, 0) is 24.5 Å². The van der Waals surface area contributed by atoms with Crippen LogP contribution in [0.4, 0.5) is 5.69 Å². The fourth-order valence-electron chi connectivity index (χ4n) is 2.22. The Kier molecular flexibility index (Phi) is 5.16. The maximum absolute atomic E-state index is 12.1. The van der Waals surface area contributed by atoms with Crippen molar-refractivity contribution in [3.05, 3.63) is 36.9 Å². The lowest BCUT2D eigenvalue weighted by Gasteiger charge is -2.16. The first-order valence-corrected chi connectivity index (χ1v) is 7.24. The molecule has 0 aliphatic carbocycles. The van der Waals surface area contributed by atoms with Crippen LogP contribution in [0.1, 0.15) is 20.3 Å². The van der Waals surface area contributed by atoms with Crippen LogP contribution in [0.15, 0.2) is 36.9 Å². The number of methoxy groups -OCH3 is 1. The third-order valence-corrected chi connectivity index (χ3v) is 3.29. The van der Waals surface area contributed by atoms with Crippen molar-refractivity contribution in [1.82, 2.24) is 9.55 Å². The first-order valence-electron chi connectivity index (χ1n) is 7.24. The number of imidazole rings is 1. The Labute approximate surface area is 130 Å². The number of anilines is 1. The number of nitrogens with zero attached hydrogens (tertiary/aromatic N) is 2. The van der Waals surface area contributed by atoms with Gasteiger partial charge in [-0.1, -0.05) is 13.8 Å². The minimum Gasteiger partial charge on any atom is -0.494 e. The molecule has 1 heterocycles. The highest BCUT2D eigenvalue weighted by Crippen LogP contribution is 2.26. The molecule has 0 spiro atoms. The summed E-state index contributed by atoms with van der Waals surface area (Å²) >= 11 is 0. The van der Waals surface area contributed by atoms with E-state index >= 15 is 0 Å². The third-order valence-electron chi connectivity index (χ3n) is 3.29. The molecule has 2 aromatic rings. The van der Waals surface area contributed by atoms with E-state index in [4.69, 9.17) is 10.5 Å². The number of amides is 1. The van der Waals surface area contributed by atoms with E-state index in [1.54, 1.807) is 25.7 Å². The highest BCUT2D eigenvalue weighted by molar-refractivity contribution is 5.95. The molecule has 0 aliphatic rings. The topological polar surface area (TPSA) is 82.2 Å². The summed E-state index contributed by atoms with van der Waals surface area (Å²) < 4.78 is 7.23. The number of aromatic nitrogens is 2. The summed E-state index contributed by atoms with van der Waals surface area (Å²) in [4.78, 5) is 16.1. The van der Waals surface area contributed by atoms with Crippen molar-refractivity contribution in [2.75, 3.05) is 12.4 Å². The molecular formula is C16H22N4O2. The zero-order valence-electron chi connectivity index (χ0n) is 13.1. The zero-order chi connectivity index (χ0) is 16.1. The minimum absolute atomic E-state index is 0.189. The van der Waals surface area contributed by atoms with E-state index in [-0.39, 0.29) is 5.91 Å². The van der Waals surface area contributed by atoms with Crippen molar-refractivity contribution in [2.24, 2.45) is 11.7 Å². The monoisotopic (exact) mass is 302 g/mol. The smallest absolute Gasteiger partial charge is 0.241 e. The van der Waals surface area contributed by atoms with Crippen LogP contribution in [0, 0.1) is 5.92 Å². The number of rotatable bonds is 6. The Morgan fingerprint density at radius 2 is 2.23 bits per heavy atom. The first-order chi connectivity index (χ1) is 10.5. The Hall–Kier alpha value is -2.34. The zero-order valence-corrected chi connectivity index (χ0v) is 13.1. The van der Waals surface area contributed by atoms with Crippen molar-refractivity contribution in [1.29, 1.82) is 0 Å². The Balaban J connectivity index is 2.15. The summed E-state index contributed by atoms with van der Waals surface area (Å²) in [6.07, 6.45) is 5.86. The highest BCUT2D eigenvalue weighted by Gasteiger charge is 2.16. The molecule has 0 bridgehead atoms. The molecule has 2 rings (SSSR count). The summed E-state index contributed by atoms with van der Waals surface area (Å²) in [5, 5.41) is 2.83. The summed E-state index contributed by atoms with van der Waals surface area (Å²) in [7, 11) is 1.59. The fraction of sp³-hybridized carbons (Fsp3) is 0.375. The van der Waals surface area contributed by atoms with Gasteiger partial charge in [-0.3, -0.25) is 4.79 Å². The number of hydrogen-bond donors (Lipinski definition) is 2. The first kappa shape index (κ1) is 16.0. The Morgan fingerprint density at radius 1 is 1.45 bits per heavy atom. The van der Waals surface area contributed by atoms with Gasteiger partial charge in [-0.15, -0.1) is 0 Å². The molecular weight excluding hydrogens is 280 g/mol. The number of carbonyl (C=O) groups excluding carboxylic acids is 1. The summed E-state index contributed by atoms with van der Waals surface area (Å²) in [5.74, 6) is 0.832. The average Bonchev–Trinajstić information content (AvgIpc) is 3.00. The van der Waals surface area contributed by atoms with Crippen LogP contribution < -0.4 is 15.8 Å². The predicted octanol–water partition coefficient (Wildman–Crippen LogP) is 2.19. The van der Waals surface area contributed by atoms with E-state index in [9.17, 15) is 4.79 Å². The van der Waals surface area contributed by atoms with Gasteiger partial charge < -0.3 is 20.4 Å². The van der Waals surface area contributed by atoms with Crippen molar-refractivity contribution in [2.45, 2.75) is 26.3 Å². The Bertz CT molecular complexity index is 623. The molecule has 0 aliphatic heterocycles. The van der Waals surface area contributed by atoms with Crippen LogP contribution >= 0.6 is 0 Å². The van der Waals surface area contributed by atoms with Gasteiger partial charge in [0.2, 0.25) is 5.91 Å². The SMILES string of the molecule is COc1cc(NC(=O)[C@H](N)CC(C)C)ccc1-n1ccnc1. The summed E-state index contributed by atoms with van der Waals surface area (Å²) in [6, 6.07) is 4.94. The van der Waals surface area contributed by atoms with Crippen LogP contribution in [-0.4, -0.2) is 28.6 Å². The number of hydrogen-bond acceptors (Lipinski definition) is 4. The quantitative estimate of drug-likeness (QED) is 0.857. The number of nitrogens with one attached hydrogen (secondary N) is 1. The van der Waals surface area contributed by atoms with Crippen molar-refractivity contribution >= 4 is 11.6 Å². The van der Waals surface area contributed by atoms with E-state index in [1.165, 1.54) is 0 Å². The molecule has 6 heteroatoms. The molecule has 1 atom stereocenters. The lowest BCUT2D eigenvalue weighted by Crippen LogP contribution is -2.36. The Morgan fingerprint density at radius 3 is 2.82 bits per heavy atom. The van der Waals surface area contributed by atoms with E-state index in [0.717, 1.165) is 5.69 Å². The lowest BCUT2D eigenvalue weighted by atomic mass is 10.0. The average molecular weight is 302 g/mol. The molecule has 118 valence electrons. The van der Waals surface area contributed by atoms with Gasteiger partial charge in [0.25, 0.3) is 0 Å². The highest BCUT2D eigenvalue weighted by atomic mass is 16.5. The number of nitrogens with two attached hydrogens (primary N) is 1. The van der Waals surface area contributed by atoms with Gasteiger partial charge in [0.1, 0.15) is 5.75 Å². The van der Waals surface area contributed by atoms with Gasteiger partial charge in [0.05, 0.1) is 25.2 Å². The second-order valence-electron chi connectivity index (χ2n) is 5.58. The molecule has 22 heavy (non-hydrogen) atoms. The normalized spacial score (nSPS) is 12.2. The summed E-state index contributed by atoms with van der Waals surface area (Å²) in [5.41, 5.74) is 7.40. The maximum atomic E-state index is 12.1. The molecule has 6 nitrogen and oxygen atoms in total. The van der Waals surface area contributed by atoms with Crippen LogP contribution in [0.5, 0.6) is 5.75 Å². The van der Waals surface area contributed by atoms with Crippen LogP contribution in [0.25, 0.3) is 5.69 Å². The number of carbonyl (C=O) groups is 1. The second kappa shape index (κ2) is 7.09. The number of benzene rings is 1. The van der Waals surface area contributed by atoms with Crippen LogP contribution in [0.3, 0.4) is 0 Å². The number of ether oxygens (including phenoxy) is 1. The van der Waals surface area contributed by atoms with Crippen LogP contribution in [-0.2, 0) is 4.79 Å². The molecule has 1 aromatic heterocycles. The standard InChI is InChI=1S/C16H22N4O2/c1-11(2)8-13(17)16(21)19-12-4-5-14(15(9-12)22-3)20-7-6-18-10-20/h4-7,9-11,13H,8,17H2,1-3H3,(H,19,21)/t13-/m1/s1. The van der Waals surface area contributed by atoms with Gasteiger partial charge >= 0.3 is 0 Å². The van der Waals surface area contributed by atoms with E-state index in [1.807, 2.05) is 36.7 Å². The molecule has 0 unspecified atom stereocenters. The maximum Gasteiger partial charge on any atom is 0.241 e. The molecule has 0 radical (unpaired) electrons. The van der Waals surface area contributed by atoms with Gasteiger partial charge in [0.15, 0.2) is 0 Å². The molecule has 0 saturated carbocycles. The second-order valence-corrected chi connectivity index (χ2v) is 5.58. The van der Waals surface area contributed by atoms with Gasteiger partial charge in [-0.25, -0.2) is 4.98 Å². The third kappa shape index (κ3) is 3.85. The molecule has 0 fully saturated rings. The largest absolute Gasteiger partial charge is 0.494 e. The van der Waals surface area contributed by atoms with Crippen molar-refractivity contribution in [3.63, 3.8) is 0 Å². The molecule has 3 N–H and O–H groups in total. The summed E-state index contributed by atoms with van der Waals surface area (Å²) in [6.45, 7) is 4.08. The van der Waals surface area contributed by atoms with E-state index in [2.05, 4.69) is 10.3 Å². The van der Waals surface area contributed by atoms with Crippen molar-refractivity contribution < 1.29 is 9.53 Å². The lowest BCUT2D eigenvalue weighted by molar-refractivity contribution is -0.117. The van der Waals surface area contributed by atoms with E-state index < -0.39 is 6.04 Å². The van der Waals surface area contributed by atoms with Gasteiger partial charge in [-0.2, -0.15) is 0 Å². The molecule has 1 amide bonds. The van der Waals surface area contributed by atoms with Crippen LogP contribution in [0.2, 0.25) is 0 Å². The molecule has 1 aromatic carbocycles. The van der Waals surface area contributed by atoms with Crippen molar-refractivity contribution in [3.8, 4) is 11.4 Å². The van der Waals surface area contributed by atoms with E-state index in [0.29, 0.717) is 23.8 Å². The predicted molar refractivity (Wildman–Crippen MR) is 86.2 cm³/mol. The molecule has 0 saturated heterocycles. The minimum atomic E-state index is -0.515.